The third-order valence-corrected chi connectivity index (χ3v) is 4.78. The summed E-state index contributed by atoms with van der Waals surface area (Å²) in [4.78, 5) is 35.3. The fourth-order valence-electron chi connectivity index (χ4n) is 3.09. The number of carbonyl (C=O) groups excluding carboxylic acids is 3. The largest absolute Gasteiger partial charge is 0.448 e. The van der Waals surface area contributed by atoms with Crippen LogP contribution in [0.15, 0.2) is 11.6 Å². The highest BCUT2D eigenvalue weighted by Crippen LogP contribution is 2.22. The van der Waals surface area contributed by atoms with Gasteiger partial charge in [0.15, 0.2) is 6.10 Å². The van der Waals surface area contributed by atoms with Crippen LogP contribution in [0.2, 0.25) is 0 Å². The number of nitriles is 1. The molecule has 1 aliphatic heterocycles. The molecule has 0 radical (unpaired) electrons. The van der Waals surface area contributed by atoms with Crippen LogP contribution in [0.3, 0.4) is 0 Å². The number of hydrogen-bond acceptors (Lipinski definition) is 6. The summed E-state index contributed by atoms with van der Waals surface area (Å²) in [5.41, 5.74) is 2.38. The predicted molar refractivity (Wildman–Crippen MR) is 105 cm³/mol. The minimum Gasteiger partial charge on any atom is -0.448 e. The maximum atomic E-state index is 12.3. The molecule has 2 atom stereocenters. The second kappa shape index (κ2) is 9.89. The van der Waals surface area contributed by atoms with Gasteiger partial charge < -0.3 is 19.4 Å². The van der Waals surface area contributed by atoms with E-state index in [2.05, 4.69) is 9.88 Å². The summed E-state index contributed by atoms with van der Waals surface area (Å²) in [6.07, 6.45) is 2.43. The smallest absolute Gasteiger partial charge is 0.349 e. The van der Waals surface area contributed by atoms with Crippen LogP contribution in [-0.2, 0) is 25.6 Å². The lowest BCUT2D eigenvalue weighted by Crippen LogP contribution is -2.43. The zero-order chi connectivity index (χ0) is 21.6. The zero-order valence-corrected chi connectivity index (χ0v) is 17.1. The van der Waals surface area contributed by atoms with E-state index in [4.69, 9.17) is 9.47 Å². The minimum atomic E-state index is -1.23. The lowest BCUT2D eigenvalue weighted by molar-refractivity contribution is -0.150. The number of ether oxygens (including phenoxy) is 2. The van der Waals surface area contributed by atoms with Crippen LogP contribution in [0.4, 0.5) is 4.79 Å². The van der Waals surface area contributed by atoms with Crippen molar-refractivity contribution < 1.29 is 23.9 Å². The number of nitrogens with one attached hydrogen (secondary N) is 2. The molecule has 9 heteroatoms. The SMILES string of the molecule is CNC(=O)NC(=O)[C@H](C)OC(=O)/C(C#N)=C/c1cc(C)n(C[C@@H]2CCCO2)c1C. The molecule has 2 rings (SSSR count). The van der Waals surface area contributed by atoms with Gasteiger partial charge in [0.25, 0.3) is 5.91 Å². The molecular formula is C20H26N4O5. The van der Waals surface area contributed by atoms with Crippen molar-refractivity contribution in [3.05, 3.63) is 28.6 Å². The Kier molecular flexibility index (Phi) is 7.56. The molecule has 1 saturated heterocycles. The van der Waals surface area contributed by atoms with Crippen LogP contribution in [0.25, 0.3) is 6.08 Å². The topological polar surface area (TPSA) is 122 Å². The Hall–Kier alpha value is -3.12. The Balaban J connectivity index is 2.12. The summed E-state index contributed by atoms with van der Waals surface area (Å²) >= 11 is 0. The van der Waals surface area contributed by atoms with Crippen molar-refractivity contribution in [2.24, 2.45) is 0 Å². The minimum absolute atomic E-state index is 0.164. The average Bonchev–Trinajstić information content (AvgIpc) is 3.29. The van der Waals surface area contributed by atoms with Gasteiger partial charge in [0, 0.05) is 31.6 Å². The van der Waals surface area contributed by atoms with Crippen LogP contribution in [0.5, 0.6) is 0 Å². The van der Waals surface area contributed by atoms with Gasteiger partial charge in [-0.1, -0.05) is 0 Å². The highest BCUT2D eigenvalue weighted by atomic mass is 16.5. The lowest BCUT2D eigenvalue weighted by Gasteiger charge is -2.14. The fourth-order valence-corrected chi connectivity index (χ4v) is 3.09. The molecule has 2 N–H and O–H groups in total. The number of aryl methyl sites for hydroxylation is 1. The quantitative estimate of drug-likeness (QED) is 0.423. The van der Waals surface area contributed by atoms with Crippen LogP contribution in [-0.4, -0.2) is 48.3 Å². The van der Waals surface area contributed by atoms with E-state index in [0.29, 0.717) is 6.54 Å². The summed E-state index contributed by atoms with van der Waals surface area (Å²) in [5.74, 6) is -1.72. The molecule has 0 saturated carbocycles. The number of aromatic nitrogens is 1. The van der Waals surface area contributed by atoms with E-state index >= 15 is 0 Å². The Bertz CT molecular complexity index is 859. The summed E-state index contributed by atoms with van der Waals surface area (Å²) in [5, 5.41) is 13.6. The number of hydrogen-bond donors (Lipinski definition) is 2. The van der Waals surface area contributed by atoms with Gasteiger partial charge in [-0.25, -0.2) is 9.59 Å². The summed E-state index contributed by atoms with van der Waals surface area (Å²) in [6.45, 7) is 6.67. The molecule has 2 heterocycles. The van der Waals surface area contributed by atoms with Gasteiger partial charge >= 0.3 is 12.0 Å². The van der Waals surface area contributed by atoms with E-state index in [-0.39, 0.29) is 11.7 Å². The first-order valence-corrected chi connectivity index (χ1v) is 9.40. The zero-order valence-electron chi connectivity index (χ0n) is 17.1. The van der Waals surface area contributed by atoms with Gasteiger partial charge in [-0.3, -0.25) is 10.1 Å². The monoisotopic (exact) mass is 402 g/mol. The summed E-state index contributed by atoms with van der Waals surface area (Å²) < 4.78 is 12.8. The number of carbonyl (C=O) groups is 3. The standard InChI is InChI=1S/C20H26N4O5/c1-12-8-15(13(2)24(12)11-17-6-5-7-28-17)9-16(10-21)19(26)29-14(3)18(25)23-20(27)22-4/h8-9,14,17H,5-7,11H2,1-4H3,(H2,22,23,25,27)/b16-9+/t14-,17-/m0/s1. The van der Waals surface area contributed by atoms with Crippen LogP contribution < -0.4 is 10.6 Å². The maximum absolute atomic E-state index is 12.3. The molecule has 0 unspecified atom stereocenters. The maximum Gasteiger partial charge on any atom is 0.349 e. The molecule has 29 heavy (non-hydrogen) atoms. The van der Waals surface area contributed by atoms with Gasteiger partial charge in [-0.15, -0.1) is 0 Å². The lowest BCUT2D eigenvalue weighted by atomic mass is 10.1. The Morgan fingerprint density at radius 3 is 2.76 bits per heavy atom. The first-order valence-electron chi connectivity index (χ1n) is 9.40. The van der Waals surface area contributed by atoms with Crippen LogP contribution in [0, 0.1) is 25.2 Å². The van der Waals surface area contributed by atoms with Gasteiger partial charge in [-0.05, 0) is 51.3 Å². The third-order valence-electron chi connectivity index (χ3n) is 4.78. The van der Waals surface area contributed by atoms with Crippen molar-refractivity contribution >= 4 is 24.0 Å². The van der Waals surface area contributed by atoms with E-state index in [9.17, 15) is 19.6 Å². The fraction of sp³-hybridized carbons (Fsp3) is 0.500. The number of imide groups is 1. The second-order valence-electron chi connectivity index (χ2n) is 6.86. The van der Waals surface area contributed by atoms with E-state index in [1.54, 1.807) is 0 Å². The van der Waals surface area contributed by atoms with Crippen molar-refractivity contribution in [3.63, 3.8) is 0 Å². The molecule has 1 fully saturated rings. The molecule has 0 aliphatic carbocycles. The molecule has 3 amide bonds. The highest BCUT2D eigenvalue weighted by Gasteiger charge is 2.23. The molecule has 0 spiro atoms. The van der Waals surface area contributed by atoms with Crippen LogP contribution >= 0.6 is 0 Å². The van der Waals surface area contributed by atoms with Gasteiger partial charge in [0.1, 0.15) is 11.6 Å². The predicted octanol–water partition coefficient (Wildman–Crippen LogP) is 1.58. The Labute approximate surface area is 169 Å². The molecular weight excluding hydrogens is 376 g/mol. The van der Waals surface area contributed by atoms with Crippen molar-refractivity contribution in [1.82, 2.24) is 15.2 Å². The van der Waals surface area contributed by atoms with Gasteiger partial charge in [0.2, 0.25) is 0 Å². The highest BCUT2D eigenvalue weighted by molar-refractivity contribution is 6.01. The molecule has 0 aromatic carbocycles. The third kappa shape index (κ3) is 5.68. The van der Waals surface area contributed by atoms with Gasteiger partial charge in [0.05, 0.1) is 6.10 Å². The molecule has 9 nitrogen and oxygen atoms in total. The Morgan fingerprint density at radius 2 is 2.17 bits per heavy atom. The summed E-state index contributed by atoms with van der Waals surface area (Å²) in [6, 6.07) is 2.99. The average molecular weight is 402 g/mol. The Morgan fingerprint density at radius 1 is 1.45 bits per heavy atom. The summed E-state index contributed by atoms with van der Waals surface area (Å²) in [7, 11) is 1.35. The second-order valence-corrected chi connectivity index (χ2v) is 6.86. The molecule has 1 aromatic rings. The number of nitrogens with zero attached hydrogens (tertiary/aromatic N) is 2. The molecule has 0 bridgehead atoms. The molecule has 1 aromatic heterocycles. The van der Waals surface area contributed by atoms with Crippen molar-refractivity contribution in [2.45, 2.75) is 52.4 Å². The first kappa shape index (κ1) is 22.2. The van der Waals surface area contributed by atoms with E-state index < -0.39 is 24.0 Å². The van der Waals surface area contributed by atoms with E-state index in [1.165, 1.54) is 20.0 Å². The van der Waals surface area contributed by atoms with Crippen molar-refractivity contribution in [3.8, 4) is 6.07 Å². The number of urea groups is 1. The number of esters is 1. The van der Waals surface area contributed by atoms with E-state index in [0.717, 1.165) is 36.4 Å². The molecule has 1 aliphatic rings. The van der Waals surface area contributed by atoms with Crippen LogP contribution in [0.1, 0.15) is 36.7 Å². The first-order chi connectivity index (χ1) is 13.8. The van der Waals surface area contributed by atoms with Gasteiger partial charge in [-0.2, -0.15) is 5.26 Å². The number of rotatable bonds is 6. The van der Waals surface area contributed by atoms with Crippen molar-refractivity contribution in [2.75, 3.05) is 13.7 Å². The van der Waals surface area contributed by atoms with Crippen molar-refractivity contribution in [1.29, 1.82) is 5.26 Å². The van der Waals surface area contributed by atoms with E-state index in [1.807, 2.05) is 31.3 Å². The molecule has 156 valence electrons. The number of amides is 3. The normalized spacial score (nSPS) is 17.3.